The molecule has 0 aromatic heterocycles. The molecule has 2 bridgehead atoms. The van der Waals surface area contributed by atoms with Gasteiger partial charge in [0.25, 0.3) is 0 Å². The van der Waals surface area contributed by atoms with Gasteiger partial charge in [-0.2, -0.15) is 0 Å². The molecule has 7 heteroatoms. The Labute approximate surface area is 91.5 Å². The molecular weight excluding hydrogens is 226 g/mol. The van der Waals surface area contributed by atoms with Crippen LogP contribution < -0.4 is 5.73 Å². The molecule has 2 aliphatic heterocycles. The van der Waals surface area contributed by atoms with Gasteiger partial charge in [0, 0.05) is 0 Å². The number of Topliss-reactive ketones (excluding diaryl/α,β-unsaturated/α-hetero) is 2. The van der Waals surface area contributed by atoms with Crippen LogP contribution in [0.3, 0.4) is 0 Å². The number of hydrogen-bond acceptors (Lipinski definition) is 6. The molecule has 0 aromatic carbocycles. The smallest absolute Gasteiger partial charge is 0.313 e. The number of carbonyl (C=O) groups excluding carboxylic acids is 3. The largest absolute Gasteiger partial charge is 0.469 e. The number of carbonyl (C=O) groups is 3. The summed E-state index contributed by atoms with van der Waals surface area (Å²) in [6.45, 7) is 0. The molecule has 2 saturated heterocycles. The van der Waals surface area contributed by atoms with Crippen LogP contribution in [0, 0.1) is 5.92 Å². The van der Waals surface area contributed by atoms with Crippen molar-refractivity contribution < 1.29 is 23.9 Å². The Morgan fingerprint density at radius 2 is 1.87 bits per heavy atom. The lowest BCUT2D eigenvalue weighted by molar-refractivity contribution is -0.151. The summed E-state index contributed by atoms with van der Waals surface area (Å²) in [4.78, 5) is 33.6. The molecule has 0 radical (unpaired) electrons. The van der Waals surface area contributed by atoms with Gasteiger partial charge in [0.1, 0.15) is 18.1 Å². The van der Waals surface area contributed by atoms with Gasteiger partial charge in [-0.05, 0) is 0 Å². The molecule has 15 heavy (non-hydrogen) atoms. The molecule has 0 amide bonds. The number of halogens is 1. The van der Waals surface area contributed by atoms with Gasteiger partial charge in [-0.1, -0.05) is 0 Å². The van der Waals surface area contributed by atoms with E-state index >= 15 is 0 Å². The number of methoxy groups -OCH3 is 1. The lowest BCUT2D eigenvalue weighted by Crippen LogP contribution is -2.52. The predicted octanol–water partition coefficient (Wildman–Crippen LogP) is -1.56. The van der Waals surface area contributed by atoms with Crippen molar-refractivity contribution >= 4 is 29.9 Å². The van der Waals surface area contributed by atoms with E-state index in [9.17, 15) is 14.4 Å². The standard InChI is InChI=1S/C8H9NO5.ClH/c1-13-8(12)2-3(9)7-5(11)4(10)6(2)14-7;/h2-3,6-7H,9H2,1H3;1H. The van der Waals surface area contributed by atoms with Gasteiger partial charge in [-0.25, -0.2) is 0 Å². The van der Waals surface area contributed by atoms with Crippen molar-refractivity contribution in [3.05, 3.63) is 0 Å². The first-order valence-electron chi connectivity index (χ1n) is 4.15. The van der Waals surface area contributed by atoms with Gasteiger partial charge in [0.2, 0.25) is 11.6 Å². The quantitative estimate of drug-likeness (QED) is 0.436. The molecule has 0 aromatic rings. The fourth-order valence-corrected chi connectivity index (χ4v) is 1.88. The number of nitrogens with two attached hydrogens (primary N) is 1. The van der Waals surface area contributed by atoms with Crippen molar-refractivity contribution in [2.45, 2.75) is 18.2 Å². The van der Waals surface area contributed by atoms with Gasteiger partial charge in [-0.15, -0.1) is 12.4 Å². The third kappa shape index (κ3) is 1.45. The lowest BCUT2D eigenvalue weighted by Gasteiger charge is -2.20. The van der Waals surface area contributed by atoms with E-state index in [1.807, 2.05) is 0 Å². The molecule has 2 rings (SSSR count). The molecule has 0 saturated carbocycles. The normalized spacial score (nSPS) is 37.7. The molecule has 4 atom stereocenters. The third-order valence-corrected chi connectivity index (χ3v) is 2.62. The Hall–Kier alpha value is -0.980. The zero-order valence-electron chi connectivity index (χ0n) is 7.84. The fourth-order valence-electron chi connectivity index (χ4n) is 1.88. The Morgan fingerprint density at radius 1 is 1.33 bits per heavy atom. The number of ether oxygens (including phenoxy) is 2. The first kappa shape index (κ1) is 12.1. The minimum Gasteiger partial charge on any atom is -0.469 e. The summed E-state index contributed by atoms with van der Waals surface area (Å²) in [5.41, 5.74) is 5.59. The highest BCUT2D eigenvalue weighted by atomic mass is 35.5. The molecule has 2 fully saturated rings. The van der Waals surface area contributed by atoms with E-state index in [1.54, 1.807) is 0 Å². The molecule has 2 N–H and O–H groups in total. The molecular formula is C8H10ClNO5. The Kier molecular flexibility index (Phi) is 3.13. The highest BCUT2D eigenvalue weighted by Crippen LogP contribution is 2.34. The van der Waals surface area contributed by atoms with Gasteiger partial charge in [0.15, 0.2) is 0 Å². The van der Waals surface area contributed by atoms with Crippen molar-refractivity contribution in [3.8, 4) is 0 Å². The van der Waals surface area contributed by atoms with Crippen LogP contribution >= 0.6 is 12.4 Å². The molecule has 4 unspecified atom stereocenters. The van der Waals surface area contributed by atoms with E-state index in [-0.39, 0.29) is 12.4 Å². The van der Waals surface area contributed by atoms with Crippen LogP contribution in [0.15, 0.2) is 0 Å². The SMILES string of the molecule is COC(=O)C1C2OC(C(=O)C2=O)C1N.Cl. The second-order valence-electron chi connectivity index (χ2n) is 3.33. The fraction of sp³-hybridized carbons (Fsp3) is 0.625. The number of rotatable bonds is 1. The first-order chi connectivity index (χ1) is 6.57. The van der Waals surface area contributed by atoms with E-state index in [0.29, 0.717) is 0 Å². The minimum absolute atomic E-state index is 0. The summed E-state index contributed by atoms with van der Waals surface area (Å²) in [5.74, 6) is -2.75. The van der Waals surface area contributed by atoms with Gasteiger partial charge >= 0.3 is 5.97 Å². The minimum atomic E-state index is -1.03. The summed E-state index contributed by atoms with van der Waals surface area (Å²) in [6, 6.07) is -0.766. The Balaban J connectivity index is 0.00000112. The number of hydrogen-bond donors (Lipinski definition) is 1. The molecule has 6 nitrogen and oxygen atoms in total. The number of ketones is 2. The van der Waals surface area contributed by atoms with E-state index in [0.717, 1.165) is 0 Å². The van der Waals surface area contributed by atoms with Gasteiger partial charge in [-0.3, -0.25) is 14.4 Å². The molecule has 0 spiro atoms. The van der Waals surface area contributed by atoms with Gasteiger partial charge < -0.3 is 15.2 Å². The number of esters is 1. The Bertz CT molecular complexity index is 331. The second kappa shape index (κ2) is 3.88. The maximum absolute atomic E-state index is 11.2. The van der Waals surface area contributed by atoms with Crippen molar-refractivity contribution in [2.75, 3.05) is 7.11 Å². The maximum atomic E-state index is 11.2. The van der Waals surface area contributed by atoms with Crippen molar-refractivity contribution in [3.63, 3.8) is 0 Å². The summed E-state index contributed by atoms with van der Waals surface area (Å²) in [5, 5.41) is 0. The highest BCUT2D eigenvalue weighted by molar-refractivity contribution is 6.43. The van der Waals surface area contributed by atoms with Crippen LogP contribution in [0.25, 0.3) is 0 Å². The summed E-state index contributed by atoms with van der Waals surface area (Å²) in [6.07, 6.45) is -1.99. The molecule has 2 aliphatic rings. The average Bonchev–Trinajstić information content (AvgIpc) is 2.64. The average molecular weight is 236 g/mol. The highest BCUT2D eigenvalue weighted by Gasteiger charge is 2.61. The molecule has 2 heterocycles. The Morgan fingerprint density at radius 3 is 2.33 bits per heavy atom. The van der Waals surface area contributed by atoms with E-state index in [4.69, 9.17) is 10.5 Å². The lowest BCUT2D eigenvalue weighted by atomic mass is 9.83. The van der Waals surface area contributed by atoms with Crippen LogP contribution in [0.5, 0.6) is 0 Å². The van der Waals surface area contributed by atoms with Crippen molar-refractivity contribution in [2.24, 2.45) is 11.7 Å². The topological polar surface area (TPSA) is 95.7 Å². The van der Waals surface area contributed by atoms with Crippen LogP contribution in [-0.4, -0.2) is 42.9 Å². The van der Waals surface area contributed by atoms with E-state index < -0.39 is 41.7 Å². The van der Waals surface area contributed by atoms with Crippen LogP contribution in [0.4, 0.5) is 0 Å². The van der Waals surface area contributed by atoms with Crippen LogP contribution in [-0.2, 0) is 23.9 Å². The summed E-state index contributed by atoms with van der Waals surface area (Å²) >= 11 is 0. The molecule has 84 valence electrons. The van der Waals surface area contributed by atoms with E-state index in [1.165, 1.54) is 7.11 Å². The molecule has 0 aliphatic carbocycles. The summed E-state index contributed by atoms with van der Waals surface area (Å²) in [7, 11) is 1.20. The van der Waals surface area contributed by atoms with E-state index in [2.05, 4.69) is 4.74 Å². The first-order valence-corrected chi connectivity index (χ1v) is 4.15. The zero-order chi connectivity index (χ0) is 10.5. The van der Waals surface area contributed by atoms with Crippen LogP contribution in [0.2, 0.25) is 0 Å². The predicted molar refractivity (Wildman–Crippen MR) is 49.4 cm³/mol. The zero-order valence-corrected chi connectivity index (χ0v) is 8.65. The van der Waals surface area contributed by atoms with Crippen molar-refractivity contribution in [1.29, 1.82) is 0 Å². The van der Waals surface area contributed by atoms with Crippen LogP contribution in [0.1, 0.15) is 0 Å². The second-order valence-corrected chi connectivity index (χ2v) is 3.33. The van der Waals surface area contributed by atoms with Crippen molar-refractivity contribution in [1.82, 2.24) is 0 Å². The monoisotopic (exact) mass is 235 g/mol. The maximum Gasteiger partial charge on any atom is 0.313 e. The third-order valence-electron chi connectivity index (χ3n) is 2.62. The summed E-state index contributed by atoms with van der Waals surface area (Å²) < 4.78 is 9.50. The van der Waals surface area contributed by atoms with Gasteiger partial charge in [0.05, 0.1) is 13.2 Å². The number of fused-ring (bicyclic) bond motifs is 2.